The summed E-state index contributed by atoms with van der Waals surface area (Å²) >= 11 is 0. The van der Waals surface area contributed by atoms with Crippen molar-refractivity contribution < 1.29 is 9.47 Å². The van der Waals surface area contributed by atoms with Crippen LogP contribution in [0.2, 0.25) is 0 Å². The maximum atomic E-state index is 5.88. The summed E-state index contributed by atoms with van der Waals surface area (Å²) in [6.07, 6.45) is 0. The third kappa shape index (κ3) is 6.98. The fourth-order valence-electron chi connectivity index (χ4n) is 3.00. The number of rotatable bonds is 9. The fourth-order valence-corrected chi connectivity index (χ4v) is 3.00. The van der Waals surface area contributed by atoms with E-state index in [1.807, 2.05) is 0 Å². The maximum Gasteiger partial charge on any atom is 0.191 e. The van der Waals surface area contributed by atoms with Crippen molar-refractivity contribution in [2.75, 3.05) is 46.4 Å². The molecule has 158 valence electrons. The quantitative estimate of drug-likeness (QED) is 0.386. The number of benzene rings is 2. The Balaban J connectivity index is 2.00. The van der Waals surface area contributed by atoms with Crippen molar-refractivity contribution in [1.29, 1.82) is 0 Å². The molecule has 0 spiro atoms. The van der Waals surface area contributed by atoms with Gasteiger partial charge in [0.05, 0.1) is 6.61 Å². The van der Waals surface area contributed by atoms with Gasteiger partial charge >= 0.3 is 0 Å². The number of hydrogen-bond donors (Lipinski definition) is 2. The maximum absolute atomic E-state index is 5.88. The lowest BCUT2D eigenvalue weighted by Crippen LogP contribution is -2.36. The fraction of sp³-hybridized carbons (Fsp3) is 0.435. The van der Waals surface area contributed by atoms with Crippen molar-refractivity contribution >= 4 is 11.6 Å². The molecule has 0 atom stereocenters. The van der Waals surface area contributed by atoms with Crippen molar-refractivity contribution in [3.63, 3.8) is 0 Å². The van der Waals surface area contributed by atoms with E-state index in [-0.39, 0.29) is 0 Å². The van der Waals surface area contributed by atoms with Crippen LogP contribution in [0.4, 0.5) is 5.69 Å². The molecule has 29 heavy (non-hydrogen) atoms. The van der Waals surface area contributed by atoms with Gasteiger partial charge in [0.1, 0.15) is 12.4 Å². The number of nitrogens with zero attached hydrogens (tertiary/aromatic N) is 2. The average Bonchev–Trinajstić information content (AvgIpc) is 2.70. The van der Waals surface area contributed by atoms with Gasteiger partial charge in [-0.25, -0.2) is 0 Å². The minimum absolute atomic E-state index is 0.528. The lowest BCUT2D eigenvalue weighted by molar-refractivity contribution is 0.145. The number of aliphatic imine (C=N–C) groups is 1. The van der Waals surface area contributed by atoms with E-state index >= 15 is 0 Å². The average molecular weight is 399 g/mol. The summed E-state index contributed by atoms with van der Waals surface area (Å²) in [5, 5.41) is 6.79. The van der Waals surface area contributed by atoms with Crippen LogP contribution in [-0.4, -0.2) is 47.4 Å². The molecule has 2 aromatic rings. The van der Waals surface area contributed by atoms with Crippen molar-refractivity contribution in [3.8, 4) is 5.75 Å². The van der Waals surface area contributed by atoms with Gasteiger partial charge in [-0.05, 0) is 42.7 Å². The second-order valence-corrected chi connectivity index (χ2v) is 7.26. The Bertz CT molecular complexity index is 819. The monoisotopic (exact) mass is 398 g/mol. The van der Waals surface area contributed by atoms with Crippen molar-refractivity contribution in [2.24, 2.45) is 4.99 Å². The Kier molecular flexibility index (Phi) is 8.80. The Morgan fingerprint density at radius 3 is 2.17 bits per heavy atom. The molecule has 0 amide bonds. The van der Waals surface area contributed by atoms with Gasteiger partial charge in [-0.2, -0.15) is 0 Å². The molecule has 0 fully saturated rings. The summed E-state index contributed by atoms with van der Waals surface area (Å²) < 4.78 is 11.0. The van der Waals surface area contributed by atoms with Gasteiger partial charge in [-0.3, -0.25) is 4.99 Å². The second-order valence-electron chi connectivity index (χ2n) is 7.26. The zero-order chi connectivity index (χ0) is 21.2. The van der Waals surface area contributed by atoms with Crippen LogP contribution in [0.15, 0.2) is 41.4 Å². The standard InChI is InChI=1S/C23H34N4O2/c1-17-7-9-19(21(13-17)27(4)5)15-25-23(24-3)26-16-20-10-8-18(2)14-22(20)29-12-11-28-6/h7-10,13-14H,11-12,15-16H2,1-6H3,(H2,24,25,26). The van der Waals surface area contributed by atoms with E-state index in [9.17, 15) is 0 Å². The second kappa shape index (κ2) is 11.3. The summed E-state index contributed by atoms with van der Waals surface area (Å²) in [6, 6.07) is 12.7. The number of methoxy groups -OCH3 is 1. The number of anilines is 1. The van der Waals surface area contributed by atoms with Gasteiger partial charge < -0.3 is 25.0 Å². The van der Waals surface area contributed by atoms with E-state index in [2.05, 4.69) is 84.9 Å². The van der Waals surface area contributed by atoms with Crippen LogP contribution in [0.3, 0.4) is 0 Å². The molecule has 0 aliphatic rings. The summed E-state index contributed by atoms with van der Waals surface area (Å²) in [5.74, 6) is 1.62. The van der Waals surface area contributed by atoms with E-state index < -0.39 is 0 Å². The molecule has 2 N–H and O–H groups in total. The Morgan fingerprint density at radius 1 is 0.931 bits per heavy atom. The topological polar surface area (TPSA) is 58.1 Å². The summed E-state index contributed by atoms with van der Waals surface area (Å²) in [4.78, 5) is 6.49. The highest BCUT2D eigenvalue weighted by Gasteiger charge is 2.08. The first-order valence-electron chi connectivity index (χ1n) is 9.87. The van der Waals surface area contributed by atoms with Crippen LogP contribution >= 0.6 is 0 Å². The predicted octanol–water partition coefficient (Wildman–Crippen LogP) is 3.26. The molecule has 0 aliphatic heterocycles. The van der Waals surface area contributed by atoms with Gasteiger partial charge in [0, 0.05) is 52.6 Å². The third-order valence-corrected chi connectivity index (χ3v) is 4.61. The van der Waals surface area contributed by atoms with E-state index in [0.717, 1.165) is 17.3 Å². The van der Waals surface area contributed by atoms with Crippen LogP contribution in [0.5, 0.6) is 5.75 Å². The third-order valence-electron chi connectivity index (χ3n) is 4.61. The van der Waals surface area contributed by atoms with Crippen molar-refractivity contribution in [2.45, 2.75) is 26.9 Å². The van der Waals surface area contributed by atoms with Gasteiger partial charge in [-0.15, -0.1) is 0 Å². The first-order valence-corrected chi connectivity index (χ1v) is 9.87. The molecule has 0 unspecified atom stereocenters. The van der Waals surface area contributed by atoms with Crippen LogP contribution in [0.25, 0.3) is 0 Å². The zero-order valence-electron chi connectivity index (χ0n) is 18.5. The van der Waals surface area contributed by atoms with E-state index in [1.54, 1.807) is 14.2 Å². The molecule has 6 nitrogen and oxygen atoms in total. The van der Waals surface area contributed by atoms with Gasteiger partial charge in [0.25, 0.3) is 0 Å². The Hall–Kier alpha value is -2.73. The zero-order valence-corrected chi connectivity index (χ0v) is 18.5. The smallest absolute Gasteiger partial charge is 0.191 e. The van der Waals surface area contributed by atoms with Crippen LogP contribution in [0, 0.1) is 13.8 Å². The SMILES string of the molecule is CN=C(NCc1ccc(C)cc1OCCOC)NCc1ccc(C)cc1N(C)C. The molecule has 0 heterocycles. The molecule has 6 heteroatoms. The highest BCUT2D eigenvalue weighted by Crippen LogP contribution is 2.21. The van der Waals surface area contributed by atoms with Gasteiger partial charge in [0.2, 0.25) is 0 Å². The summed E-state index contributed by atoms with van der Waals surface area (Å²) in [6.45, 7) is 6.58. The number of nitrogens with one attached hydrogen (secondary N) is 2. The molecule has 2 rings (SSSR count). The molecule has 0 aromatic heterocycles. The Morgan fingerprint density at radius 2 is 1.55 bits per heavy atom. The van der Waals surface area contributed by atoms with Crippen molar-refractivity contribution in [1.82, 2.24) is 10.6 Å². The van der Waals surface area contributed by atoms with Crippen LogP contribution in [0.1, 0.15) is 22.3 Å². The molecule has 0 saturated heterocycles. The first kappa shape index (κ1) is 22.6. The van der Waals surface area contributed by atoms with Crippen molar-refractivity contribution in [3.05, 3.63) is 58.7 Å². The lowest BCUT2D eigenvalue weighted by atomic mass is 10.1. The van der Waals surface area contributed by atoms with E-state index in [4.69, 9.17) is 9.47 Å². The molecule has 0 radical (unpaired) electrons. The highest BCUT2D eigenvalue weighted by atomic mass is 16.5. The van der Waals surface area contributed by atoms with Crippen LogP contribution in [-0.2, 0) is 17.8 Å². The molecule has 0 aliphatic carbocycles. The number of ether oxygens (including phenoxy) is 2. The lowest BCUT2D eigenvalue weighted by Gasteiger charge is -2.20. The van der Waals surface area contributed by atoms with Gasteiger partial charge in [-0.1, -0.05) is 24.3 Å². The summed E-state index contributed by atoms with van der Waals surface area (Å²) in [7, 11) is 7.58. The van der Waals surface area contributed by atoms with Gasteiger partial charge in [0.15, 0.2) is 5.96 Å². The molecule has 0 saturated carbocycles. The normalized spacial score (nSPS) is 11.3. The number of hydrogen-bond acceptors (Lipinski definition) is 4. The molecule has 2 aromatic carbocycles. The largest absolute Gasteiger partial charge is 0.491 e. The Labute approximate surface area is 174 Å². The minimum Gasteiger partial charge on any atom is -0.491 e. The van der Waals surface area contributed by atoms with E-state index in [1.165, 1.54) is 22.4 Å². The predicted molar refractivity (Wildman–Crippen MR) is 121 cm³/mol. The minimum atomic E-state index is 0.528. The first-order chi connectivity index (χ1) is 13.9. The number of aryl methyl sites for hydroxylation is 2. The highest BCUT2D eigenvalue weighted by molar-refractivity contribution is 5.80. The van der Waals surface area contributed by atoms with E-state index in [0.29, 0.717) is 26.3 Å². The molecular weight excluding hydrogens is 364 g/mol. The molecular formula is C23H34N4O2. The molecule has 0 bridgehead atoms. The van der Waals surface area contributed by atoms with Crippen LogP contribution < -0.4 is 20.3 Å². The summed E-state index contributed by atoms with van der Waals surface area (Å²) in [5.41, 5.74) is 5.93. The number of guanidine groups is 1.